The van der Waals surface area contributed by atoms with Gasteiger partial charge in [0.2, 0.25) is 0 Å². The quantitative estimate of drug-likeness (QED) is 0.758. The molecule has 0 fully saturated rings. The molecule has 6 heteroatoms. The smallest absolute Gasteiger partial charge is 0.254 e. The lowest BCUT2D eigenvalue weighted by Crippen LogP contribution is -2.44. The van der Waals surface area contributed by atoms with Crippen LogP contribution in [0.4, 0.5) is 0 Å². The zero-order valence-electron chi connectivity index (χ0n) is 16.9. The standard InChI is InChI=1S/C22H29N3O3/c1-22(23,9-7-17-6-4-5-11-24-17)10-13-25-12-8-16-14-19(27-2)20(28-3)15-18(16)21(25)26/h4-6,11,14-15H,7-10,12-13,23H2,1-3H3. The van der Waals surface area contributed by atoms with E-state index in [9.17, 15) is 4.79 Å². The van der Waals surface area contributed by atoms with Gasteiger partial charge in [-0.15, -0.1) is 0 Å². The van der Waals surface area contributed by atoms with Gasteiger partial charge in [-0.3, -0.25) is 9.78 Å². The summed E-state index contributed by atoms with van der Waals surface area (Å²) >= 11 is 0. The topological polar surface area (TPSA) is 77.7 Å². The number of carbonyl (C=O) groups excluding carboxylic acids is 1. The van der Waals surface area contributed by atoms with E-state index in [0.717, 1.165) is 36.9 Å². The van der Waals surface area contributed by atoms with Crippen molar-refractivity contribution < 1.29 is 14.3 Å². The Morgan fingerprint density at radius 3 is 2.61 bits per heavy atom. The summed E-state index contributed by atoms with van der Waals surface area (Å²) in [5, 5.41) is 0. The lowest BCUT2D eigenvalue weighted by molar-refractivity contribution is 0.0726. The van der Waals surface area contributed by atoms with Crippen molar-refractivity contribution in [3.05, 3.63) is 53.3 Å². The first-order valence-electron chi connectivity index (χ1n) is 9.66. The third kappa shape index (κ3) is 4.62. The van der Waals surface area contributed by atoms with Crippen LogP contribution in [-0.2, 0) is 12.8 Å². The maximum Gasteiger partial charge on any atom is 0.254 e. The molecular formula is C22H29N3O3. The number of hydrogen-bond acceptors (Lipinski definition) is 5. The number of ether oxygens (including phenoxy) is 2. The number of amides is 1. The molecule has 0 saturated heterocycles. The number of aromatic nitrogens is 1. The number of aryl methyl sites for hydroxylation is 1. The van der Waals surface area contributed by atoms with Crippen LogP contribution in [0, 0.1) is 0 Å². The highest BCUT2D eigenvalue weighted by molar-refractivity contribution is 5.97. The molecule has 0 radical (unpaired) electrons. The highest BCUT2D eigenvalue weighted by Crippen LogP contribution is 2.33. The van der Waals surface area contributed by atoms with Gasteiger partial charge in [0.05, 0.1) is 14.2 Å². The molecule has 2 N–H and O–H groups in total. The minimum Gasteiger partial charge on any atom is -0.493 e. The molecule has 3 rings (SSSR count). The Hall–Kier alpha value is -2.60. The van der Waals surface area contributed by atoms with Crippen molar-refractivity contribution in [2.75, 3.05) is 27.3 Å². The molecule has 1 aliphatic rings. The number of carbonyl (C=O) groups is 1. The molecule has 1 amide bonds. The van der Waals surface area contributed by atoms with E-state index in [1.165, 1.54) is 0 Å². The van der Waals surface area contributed by atoms with Crippen LogP contribution in [0.1, 0.15) is 41.4 Å². The van der Waals surface area contributed by atoms with Crippen molar-refractivity contribution in [3.63, 3.8) is 0 Å². The van der Waals surface area contributed by atoms with Gasteiger partial charge in [0, 0.05) is 36.1 Å². The zero-order chi connectivity index (χ0) is 20.1. The van der Waals surface area contributed by atoms with Crippen molar-refractivity contribution >= 4 is 5.91 Å². The first-order valence-corrected chi connectivity index (χ1v) is 9.66. The summed E-state index contributed by atoms with van der Waals surface area (Å²) in [6, 6.07) is 9.61. The van der Waals surface area contributed by atoms with E-state index in [4.69, 9.17) is 15.2 Å². The van der Waals surface area contributed by atoms with Crippen molar-refractivity contribution in [2.45, 2.75) is 38.1 Å². The highest BCUT2D eigenvalue weighted by atomic mass is 16.5. The van der Waals surface area contributed by atoms with Crippen LogP contribution < -0.4 is 15.2 Å². The first kappa shape index (κ1) is 20.1. The minimum atomic E-state index is -0.352. The van der Waals surface area contributed by atoms with Gasteiger partial charge >= 0.3 is 0 Å². The SMILES string of the molecule is COc1cc2c(cc1OC)C(=O)N(CCC(C)(N)CCc1ccccn1)CC2. The number of methoxy groups -OCH3 is 2. The fourth-order valence-electron chi connectivity index (χ4n) is 3.54. The van der Waals surface area contributed by atoms with Gasteiger partial charge in [0.25, 0.3) is 5.91 Å². The molecule has 0 spiro atoms. The van der Waals surface area contributed by atoms with Crippen LogP contribution in [0.3, 0.4) is 0 Å². The second-order valence-corrected chi connectivity index (χ2v) is 7.63. The van der Waals surface area contributed by atoms with Gasteiger partial charge in [0.1, 0.15) is 0 Å². The van der Waals surface area contributed by atoms with Gasteiger partial charge in [-0.25, -0.2) is 0 Å². The van der Waals surface area contributed by atoms with Crippen LogP contribution in [-0.4, -0.2) is 48.6 Å². The summed E-state index contributed by atoms with van der Waals surface area (Å²) in [5.74, 6) is 1.27. The molecule has 1 aliphatic heterocycles. The van der Waals surface area contributed by atoms with Gasteiger partial charge in [-0.2, -0.15) is 0 Å². The second-order valence-electron chi connectivity index (χ2n) is 7.63. The number of nitrogens with two attached hydrogens (primary N) is 1. The molecule has 1 unspecified atom stereocenters. The molecule has 0 bridgehead atoms. The van der Waals surface area contributed by atoms with Gasteiger partial charge in [0.15, 0.2) is 11.5 Å². The van der Waals surface area contributed by atoms with Crippen LogP contribution in [0.25, 0.3) is 0 Å². The summed E-state index contributed by atoms with van der Waals surface area (Å²) < 4.78 is 10.7. The Morgan fingerprint density at radius 1 is 1.18 bits per heavy atom. The minimum absolute atomic E-state index is 0.0303. The summed E-state index contributed by atoms with van der Waals surface area (Å²) in [4.78, 5) is 19.2. The number of nitrogens with zero attached hydrogens (tertiary/aromatic N) is 2. The zero-order valence-corrected chi connectivity index (χ0v) is 16.9. The average Bonchev–Trinajstić information content (AvgIpc) is 2.72. The number of hydrogen-bond donors (Lipinski definition) is 1. The Balaban J connectivity index is 1.62. The van der Waals surface area contributed by atoms with Crippen LogP contribution in [0.2, 0.25) is 0 Å². The molecular weight excluding hydrogens is 354 g/mol. The Bertz CT molecular complexity index is 821. The Labute approximate surface area is 166 Å². The molecule has 1 atom stereocenters. The van der Waals surface area contributed by atoms with E-state index >= 15 is 0 Å². The lowest BCUT2D eigenvalue weighted by atomic mass is 9.91. The third-order valence-electron chi connectivity index (χ3n) is 5.41. The fraction of sp³-hybridized carbons (Fsp3) is 0.455. The van der Waals surface area contributed by atoms with E-state index < -0.39 is 0 Å². The second kappa shape index (κ2) is 8.61. The van der Waals surface area contributed by atoms with Gasteiger partial charge in [-0.1, -0.05) is 6.07 Å². The molecule has 28 heavy (non-hydrogen) atoms. The molecule has 2 aromatic rings. The number of rotatable bonds is 8. The Kier molecular flexibility index (Phi) is 6.19. The molecule has 2 heterocycles. The lowest BCUT2D eigenvalue weighted by Gasteiger charge is -2.33. The fourth-order valence-corrected chi connectivity index (χ4v) is 3.54. The molecule has 1 aromatic carbocycles. The highest BCUT2D eigenvalue weighted by Gasteiger charge is 2.28. The van der Waals surface area contributed by atoms with Crippen LogP contribution >= 0.6 is 0 Å². The average molecular weight is 383 g/mol. The van der Waals surface area contributed by atoms with Gasteiger partial charge in [-0.05, 0) is 62.4 Å². The van der Waals surface area contributed by atoms with Crippen molar-refractivity contribution in [1.82, 2.24) is 9.88 Å². The third-order valence-corrected chi connectivity index (χ3v) is 5.41. The maximum atomic E-state index is 13.0. The van der Waals surface area contributed by atoms with E-state index in [2.05, 4.69) is 4.98 Å². The summed E-state index contributed by atoms with van der Waals surface area (Å²) in [5.41, 5.74) is 8.89. The predicted octanol–water partition coefficient (Wildman–Crippen LogP) is 2.84. The van der Waals surface area contributed by atoms with Crippen molar-refractivity contribution in [1.29, 1.82) is 0 Å². The van der Waals surface area contributed by atoms with Crippen LogP contribution in [0.5, 0.6) is 11.5 Å². The summed E-state index contributed by atoms with van der Waals surface area (Å²) in [6.45, 7) is 3.38. The molecule has 150 valence electrons. The number of fused-ring (bicyclic) bond motifs is 1. The predicted molar refractivity (Wildman–Crippen MR) is 109 cm³/mol. The van der Waals surface area contributed by atoms with E-state index in [0.29, 0.717) is 30.2 Å². The molecule has 6 nitrogen and oxygen atoms in total. The summed E-state index contributed by atoms with van der Waals surface area (Å²) in [6.07, 6.45) is 5.01. The molecule has 1 aromatic heterocycles. The number of benzene rings is 1. The Morgan fingerprint density at radius 2 is 1.93 bits per heavy atom. The molecule has 0 aliphatic carbocycles. The largest absolute Gasteiger partial charge is 0.493 e. The van der Waals surface area contributed by atoms with E-state index in [1.54, 1.807) is 26.5 Å². The normalized spacial score (nSPS) is 15.7. The summed E-state index contributed by atoms with van der Waals surface area (Å²) in [7, 11) is 3.19. The number of pyridine rings is 1. The van der Waals surface area contributed by atoms with E-state index in [-0.39, 0.29) is 11.4 Å². The van der Waals surface area contributed by atoms with E-state index in [1.807, 2.05) is 36.1 Å². The molecule has 0 saturated carbocycles. The first-order chi connectivity index (χ1) is 13.4. The van der Waals surface area contributed by atoms with Crippen molar-refractivity contribution in [3.8, 4) is 11.5 Å². The van der Waals surface area contributed by atoms with Gasteiger partial charge < -0.3 is 20.1 Å². The van der Waals surface area contributed by atoms with Crippen LogP contribution in [0.15, 0.2) is 36.5 Å². The van der Waals surface area contributed by atoms with Crippen molar-refractivity contribution in [2.24, 2.45) is 5.73 Å². The monoisotopic (exact) mass is 383 g/mol. The maximum absolute atomic E-state index is 13.0.